The fraction of sp³-hybridized carbons (Fsp3) is 0.333. The highest BCUT2D eigenvalue weighted by molar-refractivity contribution is 5.92. The fourth-order valence-electron chi connectivity index (χ4n) is 4.53. The maximum Gasteiger partial charge on any atom is 0.355 e. The van der Waals surface area contributed by atoms with Crippen molar-refractivity contribution in [3.8, 4) is 0 Å². The SMILES string of the molecule is CCOC(=O)c1[nH]c(C)c(CCC(=O)Nc2ccc3c(c2)CN(Cc2ccccc2)C3)c1C. The van der Waals surface area contributed by atoms with Gasteiger partial charge in [-0.3, -0.25) is 9.69 Å². The molecular formula is C27H31N3O3. The lowest BCUT2D eigenvalue weighted by Crippen LogP contribution is -2.15. The third-order valence-electron chi connectivity index (χ3n) is 6.20. The Morgan fingerprint density at radius 3 is 2.58 bits per heavy atom. The number of nitrogens with zero attached hydrogens (tertiary/aromatic N) is 1. The lowest BCUT2D eigenvalue weighted by molar-refractivity contribution is -0.116. The van der Waals surface area contributed by atoms with Gasteiger partial charge in [-0.25, -0.2) is 4.79 Å². The summed E-state index contributed by atoms with van der Waals surface area (Å²) in [7, 11) is 0. The molecule has 0 unspecified atom stereocenters. The number of aryl methyl sites for hydroxylation is 1. The zero-order valence-electron chi connectivity index (χ0n) is 19.5. The van der Waals surface area contributed by atoms with Gasteiger partial charge in [-0.15, -0.1) is 0 Å². The molecule has 6 nitrogen and oxygen atoms in total. The van der Waals surface area contributed by atoms with E-state index < -0.39 is 0 Å². The van der Waals surface area contributed by atoms with Gasteiger partial charge < -0.3 is 15.0 Å². The topological polar surface area (TPSA) is 74.4 Å². The average molecular weight is 446 g/mol. The Kier molecular flexibility index (Phi) is 6.94. The summed E-state index contributed by atoms with van der Waals surface area (Å²) >= 11 is 0. The van der Waals surface area contributed by atoms with Crippen LogP contribution in [0.5, 0.6) is 0 Å². The van der Waals surface area contributed by atoms with Crippen molar-refractivity contribution in [2.75, 3.05) is 11.9 Å². The molecule has 1 amide bonds. The van der Waals surface area contributed by atoms with Crippen LogP contribution in [0.4, 0.5) is 5.69 Å². The number of carbonyl (C=O) groups excluding carboxylic acids is 2. The molecule has 1 aliphatic rings. The number of hydrogen-bond acceptors (Lipinski definition) is 4. The molecule has 6 heteroatoms. The first-order valence-corrected chi connectivity index (χ1v) is 11.5. The minimum Gasteiger partial charge on any atom is -0.461 e. The molecule has 0 fully saturated rings. The van der Waals surface area contributed by atoms with Crippen LogP contribution in [0.3, 0.4) is 0 Å². The molecule has 33 heavy (non-hydrogen) atoms. The zero-order chi connectivity index (χ0) is 23.4. The molecule has 3 aromatic rings. The van der Waals surface area contributed by atoms with Gasteiger partial charge in [-0.2, -0.15) is 0 Å². The number of carbonyl (C=O) groups is 2. The number of esters is 1. The van der Waals surface area contributed by atoms with E-state index in [1.807, 2.05) is 26.0 Å². The van der Waals surface area contributed by atoms with Crippen molar-refractivity contribution in [3.63, 3.8) is 0 Å². The van der Waals surface area contributed by atoms with E-state index in [0.29, 0.717) is 25.1 Å². The van der Waals surface area contributed by atoms with Gasteiger partial charge in [0.15, 0.2) is 0 Å². The Balaban J connectivity index is 1.33. The van der Waals surface area contributed by atoms with Gasteiger partial charge in [0.05, 0.1) is 6.61 Å². The third kappa shape index (κ3) is 5.34. The third-order valence-corrected chi connectivity index (χ3v) is 6.20. The van der Waals surface area contributed by atoms with E-state index >= 15 is 0 Å². The number of aromatic amines is 1. The molecule has 2 heterocycles. The lowest BCUT2D eigenvalue weighted by Gasteiger charge is -2.14. The molecule has 0 saturated carbocycles. The standard InChI is InChI=1S/C27H31N3O3/c1-4-33-27(32)26-18(2)24(19(3)28-26)12-13-25(31)29-23-11-10-21-16-30(17-22(21)14-23)15-20-8-6-5-7-9-20/h5-11,14,28H,4,12-13,15-17H2,1-3H3,(H,29,31). The molecule has 2 N–H and O–H groups in total. The summed E-state index contributed by atoms with van der Waals surface area (Å²) in [6.07, 6.45) is 0.911. The van der Waals surface area contributed by atoms with E-state index in [9.17, 15) is 9.59 Å². The van der Waals surface area contributed by atoms with Crippen molar-refractivity contribution < 1.29 is 14.3 Å². The number of rotatable bonds is 8. The number of nitrogens with one attached hydrogen (secondary N) is 2. The molecule has 2 aromatic carbocycles. The van der Waals surface area contributed by atoms with Crippen molar-refractivity contribution in [1.82, 2.24) is 9.88 Å². The molecule has 1 aromatic heterocycles. The van der Waals surface area contributed by atoms with Gasteiger partial charge in [-0.1, -0.05) is 36.4 Å². The van der Waals surface area contributed by atoms with Crippen LogP contribution in [-0.2, 0) is 35.6 Å². The normalized spacial score (nSPS) is 13.1. The van der Waals surface area contributed by atoms with Crippen molar-refractivity contribution >= 4 is 17.6 Å². The second kappa shape index (κ2) is 10.0. The van der Waals surface area contributed by atoms with Crippen LogP contribution in [-0.4, -0.2) is 28.4 Å². The monoisotopic (exact) mass is 445 g/mol. The van der Waals surface area contributed by atoms with Crippen LogP contribution in [0.2, 0.25) is 0 Å². The summed E-state index contributed by atoms with van der Waals surface area (Å²) in [5.41, 5.74) is 7.95. The molecule has 4 rings (SSSR count). The van der Waals surface area contributed by atoms with Gasteiger partial charge >= 0.3 is 5.97 Å². The van der Waals surface area contributed by atoms with E-state index in [0.717, 1.165) is 42.1 Å². The molecule has 0 spiro atoms. The Hall–Kier alpha value is -3.38. The number of anilines is 1. The molecule has 0 radical (unpaired) electrons. The van der Waals surface area contributed by atoms with Gasteiger partial charge in [-0.05, 0) is 67.1 Å². The highest BCUT2D eigenvalue weighted by Gasteiger charge is 2.21. The van der Waals surface area contributed by atoms with Gasteiger partial charge in [0.2, 0.25) is 5.91 Å². The minimum absolute atomic E-state index is 0.0354. The number of ether oxygens (including phenoxy) is 1. The quantitative estimate of drug-likeness (QED) is 0.484. The zero-order valence-corrected chi connectivity index (χ0v) is 19.5. The van der Waals surface area contributed by atoms with Crippen molar-refractivity contribution in [2.24, 2.45) is 0 Å². The average Bonchev–Trinajstić information content (AvgIpc) is 3.32. The maximum atomic E-state index is 12.6. The highest BCUT2D eigenvalue weighted by Crippen LogP contribution is 2.27. The Morgan fingerprint density at radius 2 is 1.82 bits per heavy atom. The number of benzene rings is 2. The van der Waals surface area contributed by atoms with E-state index in [4.69, 9.17) is 4.74 Å². The van der Waals surface area contributed by atoms with Crippen LogP contribution in [0.15, 0.2) is 48.5 Å². The van der Waals surface area contributed by atoms with Crippen LogP contribution in [0.25, 0.3) is 0 Å². The van der Waals surface area contributed by atoms with Crippen LogP contribution in [0, 0.1) is 13.8 Å². The van der Waals surface area contributed by atoms with Gasteiger partial charge in [0.25, 0.3) is 0 Å². The van der Waals surface area contributed by atoms with E-state index in [-0.39, 0.29) is 11.9 Å². The molecule has 1 aliphatic heterocycles. The first kappa shape index (κ1) is 22.8. The summed E-state index contributed by atoms with van der Waals surface area (Å²) in [5, 5.41) is 3.04. The lowest BCUT2D eigenvalue weighted by atomic mass is 10.0. The predicted octanol–water partition coefficient (Wildman–Crippen LogP) is 4.90. The van der Waals surface area contributed by atoms with E-state index in [2.05, 4.69) is 51.6 Å². The predicted molar refractivity (Wildman–Crippen MR) is 129 cm³/mol. The number of H-pyrrole nitrogens is 1. The molecule has 0 aliphatic carbocycles. The van der Waals surface area contributed by atoms with Gasteiger partial charge in [0, 0.05) is 37.4 Å². The number of fused-ring (bicyclic) bond motifs is 1. The number of aromatic nitrogens is 1. The number of amides is 1. The second-order valence-corrected chi connectivity index (χ2v) is 8.61. The van der Waals surface area contributed by atoms with Crippen LogP contribution < -0.4 is 5.32 Å². The van der Waals surface area contributed by atoms with Crippen molar-refractivity contribution in [1.29, 1.82) is 0 Å². The fourth-order valence-corrected chi connectivity index (χ4v) is 4.53. The van der Waals surface area contributed by atoms with E-state index in [1.54, 1.807) is 6.92 Å². The Labute approximate surface area is 195 Å². The smallest absolute Gasteiger partial charge is 0.355 e. The summed E-state index contributed by atoms with van der Waals surface area (Å²) in [4.78, 5) is 30.2. The summed E-state index contributed by atoms with van der Waals surface area (Å²) in [5.74, 6) is -0.389. The molecular weight excluding hydrogens is 414 g/mol. The molecule has 0 saturated heterocycles. The van der Waals surface area contributed by atoms with Crippen molar-refractivity contribution in [2.45, 2.75) is 53.2 Å². The van der Waals surface area contributed by atoms with Gasteiger partial charge in [0.1, 0.15) is 5.69 Å². The molecule has 0 bridgehead atoms. The maximum absolute atomic E-state index is 12.6. The highest BCUT2D eigenvalue weighted by atomic mass is 16.5. The summed E-state index contributed by atoms with van der Waals surface area (Å²) < 4.78 is 5.11. The second-order valence-electron chi connectivity index (χ2n) is 8.61. The number of hydrogen-bond donors (Lipinski definition) is 2. The largest absolute Gasteiger partial charge is 0.461 e. The Bertz CT molecular complexity index is 1150. The molecule has 172 valence electrons. The first-order chi connectivity index (χ1) is 15.9. The Morgan fingerprint density at radius 1 is 1.06 bits per heavy atom. The minimum atomic E-state index is -0.353. The van der Waals surface area contributed by atoms with Crippen LogP contribution >= 0.6 is 0 Å². The van der Waals surface area contributed by atoms with Crippen LogP contribution in [0.1, 0.15) is 57.3 Å². The summed E-state index contributed by atoms with van der Waals surface area (Å²) in [6, 6.07) is 16.7. The van der Waals surface area contributed by atoms with Crippen molar-refractivity contribution in [3.05, 3.63) is 87.7 Å². The summed E-state index contributed by atoms with van der Waals surface area (Å²) in [6.45, 7) is 8.66. The van der Waals surface area contributed by atoms with E-state index in [1.165, 1.54) is 16.7 Å². The molecule has 0 atom stereocenters. The first-order valence-electron chi connectivity index (χ1n) is 11.5.